The minimum absolute atomic E-state index is 0.728. The predicted octanol–water partition coefficient (Wildman–Crippen LogP) is 15.4. The van der Waals surface area contributed by atoms with Crippen molar-refractivity contribution in [1.29, 1.82) is 0 Å². The lowest BCUT2D eigenvalue weighted by Crippen LogP contribution is -2.21. The standard InChI is InChI=1S/C46H49N7/c1-5-11-34(4)12-10-13-35-16-18-36(19-17-35)37-20-22-38(23-21-37)47-48-39-24-26-40(27-25-39)49-51-45-32-33-46(44-15-9-8-14-43(44)45)52-50-41-28-30-42(31-29-41)53(6-2)7-3/h8-9,14-34H,5-7,10-13H2,1-4H3. The molecule has 7 nitrogen and oxygen atoms in total. The summed E-state index contributed by atoms with van der Waals surface area (Å²) in [6.45, 7) is 10.9. The lowest BCUT2D eigenvalue weighted by molar-refractivity contribution is 0.469. The molecule has 1 atom stereocenters. The monoisotopic (exact) mass is 699 g/mol. The maximum absolute atomic E-state index is 4.59. The number of hydrogen-bond acceptors (Lipinski definition) is 7. The zero-order valence-electron chi connectivity index (χ0n) is 31.4. The molecule has 0 bridgehead atoms. The van der Waals surface area contributed by atoms with Gasteiger partial charge in [-0.3, -0.25) is 0 Å². The minimum atomic E-state index is 0.728. The third kappa shape index (κ3) is 10.2. The molecule has 53 heavy (non-hydrogen) atoms. The molecule has 6 rings (SSSR count). The molecule has 0 saturated carbocycles. The van der Waals surface area contributed by atoms with Crippen LogP contribution < -0.4 is 4.90 Å². The number of anilines is 1. The SMILES string of the molecule is CCCC(C)CCCc1ccc(-c2ccc(N=Nc3ccc(N=Nc4ccc(N=Nc5ccc(N(CC)CC)cc5)c5ccccc45)cc3)cc2)cc1. The van der Waals surface area contributed by atoms with Gasteiger partial charge in [0.25, 0.3) is 0 Å². The van der Waals surface area contributed by atoms with Crippen LogP contribution in [0.5, 0.6) is 0 Å². The van der Waals surface area contributed by atoms with Crippen LogP contribution in [0.1, 0.15) is 58.9 Å². The number of nitrogens with zero attached hydrogens (tertiary/aromatic N) is 7. The van der Waals surface area contributed by atoms with Gasteiger partial charge in [0.05, 0.1) is 34.1 Å². The molecule has 0 aromatic heterocycles. The highest BCUT2D eigenvalue weighted by molar-refractivity contribution is 5.99. The molecule has 0 aliphatic carbocycles. The molecule has 0 N–H and O–H groups in total. The molecule has 0 spiro atoms. The first kappa shape index (κ1) is 37.0. The van der Waals surface area contributed by atoms with Gasteiger partial charge in [-0.1, -0.05) is 93.8 Å². The summed E-state index contributed by atoms with van der Waals surface area (Å²) >= 11 is 0. The van der Waals surface area contributed by atoms with E-state index in [-0.39, 0.29) is 0 Å². The van der Waals surface area contributed by atoms with Crippen LogP contribution in [0.25, 0.3) is 21.9 Å². The van der Waals surface area contributed by atoms with E-state index in [0.717, 1.165) is 70.3 Å². The average molecular weight is 700 g/mol. The molecular weight excluding hydrogens is 651 g/mol. The topological polar surface area (TPSA) is 77.4 Å². The Bertz CT molecular complexity index is 2130. The van der Waals surface area contributed by atoms with E-state index >= 15 is 0 Å². The summed E-state index contributed by atoms with van der Waals surface area (Å²) in [5, 5.41) is 29.0. The average Bonchev–Trinajstić information content (AvgIpc) is 3.20. The first-order valence-electron chi connectivity index (χ1n) is 18.9. The second kappa shape index (κ2) is 18.6. The Morgan fingerprint density at radius 1 is 0.472 bits per heavy atom. The van der Waals surface area contributed by atoms with Crippen molar-refractivity contribution in [2.45, 2.75) is 59.8 Å². The van der Waals surface area contributed by atoms with Crippen molar-refractivity contribution in [1.82, 2.24) is 0 Å². The Labute approximate surface area is 314 Å². The van der Waals surface area contributed by atoms with Crippen LogP contribution in [0.2, 0.25) is 0 Å². The summed E-state index contributed by atoms with van der Waals surface area (Å²) < 4.78 is 0. The Morgan fingerprint density at radius 2 is 0.906 bits per heavy atom. The molecule has 7 heteroatoms. The van der Waals surface area contributed by atoms with Crippen molar-refractivity contribution in [3.63, 3.8) is 0 Å². The fourth-order valence-electron chi connectivity index (χ4n) is 6.56. The Morgan fingerprint density at radius 3 is 1.38 bits per heavy atom. The summed E-state index contributed by atoms with van der Waals surface area (Å²) in [5.74, 6) is 0.820. The highest BCUT2D eigenvalue weighted by Gasteiger charge is 2.07. The third-order valence-corrected chi connectivity index (χ3v) is 9.63. The van der Waals surface area contributed by atoms with Crippen molar-refractivity contribution in [3.8, 4) is 11.1 Å². The number of rotatable bonds is 16. The molecule has 0 heterocycles. The first-order chi connectivity index (χ1) is 26.0. The van der Waals surface area contributed by atoms with E-state index in [0.29, 0.717) is 0 Å². The van der Waals surface area contributed by atoms with Crippen LogP contribution >= 0.6 is 0 Å². The van der Waals surface area contributed by atoms with Crippen LogP contribution in [0.3, 0.4) is 0 Å². The lowest BCUT2D eigenvalue weighted by atomic mass is 9.96. The Kier molecular flexibility index (Phi) is 13.0. The summed E-state index contributed by atoms with van der Waals surface area (Å²) in [7, 11) is 0. The van der Waals surface area contributed by atoms with E-state index in [2.05, 4.69) is 112 Å². The molecule has 0 radical (unpaired) electrons. The highest BCUT2D eigenvalue weighted by atomic mass is 15.1. The van der Waals surface area contributed by atoms with Crippen molar-refractivity contribution in [3.05, 3.63) is 139 Å². The van der Waals surface area contributed by atoms with E-state index in [9.17, 15) is 0 Å². The van der Waals surface area contributed by atoms with Gasteiger partial charge in [-0.2, -0.15) is 20.5 Å². The first-order valence-corrected chi connectivity index (χ1v) is 18.9. The smallest absolute Gasteiger partial charge is 0.0936 e. The molecule has 0 aliphatic heterocycles. The number of fused-ring (bicyclic) bond motifs is 1. The predicted molar refractivity (Wildman–Crippen MR) is 222 cm³/mol. The lowest BCUT2D eigenvalue weighted by Gasteiger charge is -2.20. The fourth-order valence-corrected chi connectivity index (χ4v) is 6.56. The zero-order chi connectivity index (χ0) is 36.8. The molecule has 268 valence electrons. The number of azo groups is 3. The van der Waals surface area contributed by atoms with Crippen LogP contribution in [-0.4, -0.2) is 13.1 Å². The summed E-state index contributed by atoms with van der Waals surface area (Å²) in [4.78, 5) is 2.30. The van der Waals surface area contributed by atoms with Crippen molar-refractivity contribution in [2.24, 2.45) is 36.6 Å². The van der Waals surface area contributed by atoms with Crippen molar-refractivity contribution in [2.75, 3.05) is 18.0 Å². The van der Waals surface area contributed by atoms with Gasteiger partial charge in [0.1, 0.15) is 0 Å². The van der Waals surface area contributed by atoms with E-state index in [1.165, 1.54) is 48.1 Å². The third-order valence-electron chi connectivity index (χ3n) is 9.63. The minimum Gasteiger partial charge on any atom is -0.372 e. The maximum atomic E-state index is 4.59. The van der Waals surface area contributed by atoms with Gasteiger partial charge in [-0.15, -0.1) is 10.2 Å². The Balaban J connectivity index is 1.05. The highest BCUT2D eigenvalue weighted by Crippen LogP contribution is 2.36. The van der Waals surface area contributed by atoms with E-state index < -0.39 is 0 Å². The molecule has 6 aromatic carbocycles. The van der Waals surface area contributed by atoms with Crippen molar-refractivity contribution < 1.29 is 0 Å². The van der Waals surface area contributed by atoms with Gasteiger partial charge in [-0.05, 0) is 122 Å². The molecule has 1 unspecified atom stereocenters. The van der Waals surface area contributed by atoms with E-state index in [1.54, 1.807) is 0 Å². The summed E-state index contributed by atoms with van der Waals surface area (Å²) in [5.41, 5.74) is 9.61. The molecule has 6 aromatic rings. The van der Waals surface area contributed by atoms with Gasteiger partial charge in [0.2, 0.25) is 0 Å². The number of benzene rings is 6. The molecule has 0 saturated heterocycles. The molecule has 0 amide bonds. The number of hydrogen-bond donors (Lipinski definition) is 0. The largest absolute Gasteiger partial charge is 0.372 e. The summed E-state index contributed by atoms with van der Waals surface area (Å²) in [6, 6.07) is 44.9. The molecule has 0 aliphatic rings. The second-order valence-electron chi connectivity index (χ2n) is 13.5. The zero-order valence-corrected chi connectivity index (χ0v) is 31.4. The van der Waals surface area contributed by atoms with Crippen LogP contribution in [0.15, 0.2) is 164 Å². The molecular formula is C46H49N7. The van der Waals surface area contributed by atoms with Gasteiger partial charge >= 0.3 is 0 Å². The van der Waals surface area contributed by atoms with Crippen LogP contribution in [0, 0.1) is 5.92 Å². The second-order valence-corrected chi connectivity index (χ2v) is 13.5. The van der Waals surface area contributed by atoms with E-state index in [1.807, 2.05) is 84.9 Å². The normalized spacial score (nSPS) is 12.4. The van der Waals surface area contributed by atoms with Gasteiger partial charge in [0, 0.05) is 29.5 Å². The van der Waals surface area contributed by atoms with Gasteiger partial charge in [-0.25, -0.2) is 0 Å². The quantitative estimate of drug-likeness (QED) is 0.0926. The van der Waals surface area contributed by atoms with Crippen molar-refractivity contribution >= 4 is 50.6 Å². The summed E-state index contributed by atoms with van der Waals surface area (Å²) in [6.07, 6.45) is 6.30. The van der Waals surface area contributed by atoms with Gasteiger partial charge < -0.3 is 4.90 Å². The Hall–Kier alpha value is -5.82. The molecule has 0 fully saturated rings. The fraction of sp³-hybridized carbons (Fsp3) is 0.261. The van der Waals surface area contributed by atoms with Crippen LogP contribution in [0.4, 0.5) is 39.8 Å². The van der Waals surface area contributed by atoms with Gasteiger partial charge in [0.15, 0.2) is 0 Å². The van der Waals surface area contributed by atoms with Crippen LogP contribution in [-0.2, 0) is 6.42 Å². The maximum Gasteiger partial charge on any atom is 0.0936 e. The number of aryl methyl sites for hydroxylation is 1. The van der Waals surface area contributed by atoms with E-state index in [4.69, 9.17) is 0 Å².